The molecule has 0 radical (unpaired) electrons. The predicted octanol–water partition coefficient (Wildman–Crippen LogP) is 2.09. The summed E-state index contributed by atoms with van der Waals surface area (Å²) < 4.78 is 0. The lowest BCUT2D eigenvalue weighted by molar-refractivity contribution is 0.0781. The van der Waals surface area contributed by atoms with E-state index in [0.717, 1.165) is 0 Å². The number of hydrogen-bond acceptors (Lipinski definition) is 4. The van der Waals surface area contributed by atoms with E-state index in [1.165, 1.54) is 17.4 Å². The molecule has 1 N–H and O–H groups in total. The van der Waals surface area contributed by atoms with Crippen molar-refractivity contribution in [2.24, 2.45) is 0 Å². The predicted molar refractivity (Wildman–Crippen MR) is 71.2 cm³/mol. The van der Waals surface area contributed by atoms with Crippen molar-refractivity contribution in [1.82, 2.24) is 25.1 Å². The molecule has 0 bridgehead atoms. The monoisotopic (exact) mass is 299 g/mol. The van der Waals surface area contributed by atoms with Crippen LogP contribution in [0.1, 0.15) is 21.9 Å². The van der Waals surface area contributed by atoms with Crippen molar-refractivity contribution in [3.8, 4) is 0 Å². The van der Waals surface area contributed by atoms with Gasteiger partial charge in [-0.3, -0.25) is 14.9 Å². The molecule has 100 valence electrons. The van der Waals surface area contributed by atoms with Crippen molar-refractivity contribution >= 4 is 29.1 Å². The standard InChI is InChI=1S/C11H11Cl2N5O/c1-6-9(12)10(13)7(3-14-6)11(19)18(2)4-8-15-5-16-17-8/h3,5H,4H2,1-2H3,(H,15,16,17). The fourth-order valence-corrected chi connectivity index (χ4v) is 1.93. The molecule has 0 spiro atoms. The first-order valence-corrected chi connectivity index (χ1v) is 6.16. The van der Waals surface area contributed by atoms with Gasteiger partial charge < -0.3 is 4.90 Å². The second-order valence-electron chi connectivity index (χ2n) is 3.98. The number of aromatic nitrogens is 4. The summed E-state index contributed by atoms with van der Waals surface area (Å²) in [5, 5.41) is 6.90. The minimum atomic E-state index is -0.282. The number of aryl methyl sites for hydroxylation is 1. The molecule has 0 saturated carbocycles. The third-order valence-electron chi connectivity index (χ3n) is 2.56. The highest BCUT2D eigenvalue weighted by Crippen LogP contribution is 2.28. The summed E-state index contributed by atoms with van der Waals surface area (Å²) >= 11 is 12.0. The van der Waals surface area contributed by atoms with E-state index in [9.17, 15) is 4.79 Å². The SMILES string of the molecule is Cc1ncc(C(=O)N(C)Cc2ncn[nH]2)c(Cl)c1Cl. The molecule has 8 heteroatoms. The molecule has 0 aromatic carbocycles. The van der Waals surface area contributed by atoms with Crippen LogP contribution in [-0.4, -0.2) is 38.0 Å². The Bertz CT molecular complexity index is 599. The van der Waals surface area contributed by atoms with E-state index in [2.05, 4.69) is 20.2 Å². The Morgan fingerprint density at radius 3 is 2.74 bits per heavy atom. The number of rotatable bonds is 3. The topological polar surface area (TPSA) is 74.8 Å². The van der Waals surface area contributed by atoms with Gasteiger partial charge in [-0.2, -0.15) is 5.10 Å². The highest BCUT2D eigenvalue weighted by atomic mass is 35.5. The third-order valence-corrected chi connectivity index (χ3v) is 3.51. The zero-order chi connectivity index (χ0) is 14.0. The van der Waals surface area contributed by atoms with Gasteiger partial charge in [-0.15, -0.1) is 0 Å². The van der Waals surface area contributed by atoms with E-state index in [1.807, 2.05) is 0 Å². The van der Waals surface area contributed by atoms with Gasteiger partial charge in [0.25, 0.3) is 5.91 Å². The molecule has 6 nitrogen and oxygen atoms in total. The number of halogens is 2. The molecular weight excluding hydrogens is 289 g/mol. The van der Waals surface area contributed by atoms with Crippen molar-refractivity contribution in [1.29, 1.82) is 0 Å². The van der Waals surface area contributed by atoms with Crippen LogP contribution in [0, 0.1) is 6.92 Å². The van der Waals surface area contributed by atoms with Crippen molar-refractivity contribution in [3.63, 3.8) is 0 Å². The molecule has 0 atom stereocenters. The largest absolute Gasteiger partial charge is 0.334 e. The summed E-state index contributed by atoms with van der Waals surface area (Å²) in [6.07, 6.45) is 2.80. The maximum atomic E-state index is 12.2. The second kappa shape index (κ2) is 5.54. The lowest BCUT2D eigenvalue weighted by Gasteiger charge is -2.16. The molecule has 0 saturated heterocycles. The number of nitrogens with one attached hydrogen (secondary N) is 1. The number of carbonyl (C=O) groups is 1. The first kappa shape index (κ1) is 13.8. The first-order valence-electron chi connectivity index (χ1n) is 5.41. The number of amides is 1. The smallest absolute Gasteiger partial charge is 0.257 e. The summed E-state index contributed by atoms with van der Waals surface area (Å²) in [5.74, 6) is 0.300. The summed E-state index contributed by atoms with van der Waals surface area (Å²) in [5.41, 5.74) is 0.848. The average Bonchev–Trinajstić information content (AvgIpc) is 2.88. The van der Waals surface area contributed by atoms with Gasteiger partial charge in [0.1, 0.15) is 12.2 Å². The molecule has 2 rings (SSSR count). The van der Waals surface area contributed by atoms with Crippen molar-refractivity contribution < 1.29 is 4.79 Å². The molecular formula is C11H11Cl2N5O. The fraction of sp³-hybridized carbons (Fsp3) is 0.273. The maximum absolute atomic E-state index is 12.2. The van der Waals surface area contributed by atoms with Gasteiger partial charge in [0.2, 0.25) is 0 Å². The highest BCUT2D eigenvalue weighted by molar-refractivity contribution is 6.44. The van der Waals surface area contributed by atoms with E-state index < -0.39 is 0 Å². The lowest BCUT2D eigenvalue weighted by atomic mass is 10.2. The number of aromatic amines is 1. The number of hydrogen-bond donors (Lipinski definition) is 1. The molecule has 0 aliphatic carbocycles. The van der Waals surface area contributed by atoms with E-state index >= 15 is 0 Å². The Morgan fingerprint density at radius 2 is 2.11 bits per heavy atom. The number of carbonyl (C=O) groups excluding carboxylic acids is 1. The van der Waals surface area contributed by atoms with Gasteiger partial charge in [-0.1, -0.05) is 23.2 Å². The van der Waals surface area contributed by atoms with Crippen molar-refractivity contribution in [3.05, 3.63) is 39.7 Å². The van der Waals surface area contributed by atoms with E-state index in [-0.39, 0.29) is 16.5 Å². The Hall–Kier alpha value is -1.66. The Morgan fingerprint density at radius 1 is 1.37 bits per heavy atom. The van der Waals surface area contributed by atoms with E-state index in [0.29, 0.717) is 23.1 Å². The van der Waals surface area contributed by atoms with Gasteiger partial charge in [-0.05, 0) is 6.92 Å². The molecule has 19 heavy (non-hydrogen) atoms. The molecule has 0 fully saturated rings. The van der Waals surface area contributed by atoms with Crippen molar-refractivity contribution in [2.75, 3.05) is 7.05 Å². The summed E-state index contributed by atoms with van der Waals surface area (Å²) in [4.78, 5) is 21.7. The Kier molecular flexibility index (Phi) is 4.01. The van der Waals surface area contributed by atoms with Crippen LogP contribution >= 0.6 is 23.2 Å². The maximum Gasteiger partial charge on any atom is 0.257 e. The van der Waals surface area contributed by atoms with Crippen LogP contribution < -0.4 is 0 Å². The van der Waals surface area contributed by atoms with Crippen LogP contribution in [-0.2, 0) is 6.54 Å². The van der Waals surface area contributed by atoms with Gasteiger partial charge in [0.05, 0.1) is 27.8 Å². The van der Waals surface area contributed by atoms with Crippen molar-refractivity contribution in [2.45, 2.75) is 13.5 Å². The molecule has 2 aromatic rings. The first-order chi connectivity index (χ1) is 9.00. The van der Waals surface area contributed by atoms with Gasteiger partial charge in [-0.25, -0.2) is 4.98 Å². The lowest BCUT2D eigenvalue weighted by Crippen LogP contribution is -2.27. The minimum absolute atomic E-state index is 0.212. The summed E-state index contributed by atoms with van der Waals surface area (Å²) in [7, 11) is 1.63. The van der Waals surface area contributed by atoms with E-state index in [4.69, 9.17) is 23.2 Å². The number of pyridine rings is 1. The zero-order valence-corrected chi connectivity index (χ0v) is 11.8. The summed E-state index contributed by atoms with van der Waals surface area (Å²) in [6.45, 7) is 2.02. The van der Waals surface area contributed by atoms with Gasteiger partial charge in [0, 0.05) is 13.2 Å². The summed E-state index contributed by atoms with van der Waals surface area (Å²) in [6, 6.07) is 0. The third kappa shape index (κ3) is 2.85. The quantitative estimate of drug-likeness (QED) is 0.941. The molecule has 0 aliphatic rings. The average molecular weight is 300 g/mol. The molecule has 0 unspecified atom stereocenters. The Balaban J connectivity index is 2.22. The van der Waals surface area contributed by atoms with Crippen LogP contribution in [0.3, 0.4) is 0 Å². The molecule has 2 aromatic heterocycles. The molecule has 2 heterocycles. The second-order valence-corrected chi connectivity index (χ2v) is 4.73. The van der Waals surface area contributed by atoms with Crippen LogP contribution in [0.25, 0.3) is 0 Å². The van der Waals surface area contributed by atoms with Crippen LogP contribution in [0.5, 0.6) is 0 Å². The minimum Gasteiger partial charge on any atom is -0.334 e. The number of H-pyrrole nitrogens is 1. The Labute approximate surface area is 119 Å². The molecule has 1 amide bonds. The van der Waals surface area contributed by atoms with Crippen LogP contribution in [0.4, 0.5) is 0 Å². The van der Waals surface area contributed by atoms with Crippen LogP contribution in [0.2, 0.25) is 10.0 Å². The van der Waals surface area contributed by atoms with Gasteiger partial charge >= 0.3 is 0 Å². The van der Waals surface area contributed by atoms with E-state index in [1.54, 1.807) is 14.0 Å². The molecule has 0 aliphatic heterocycles. The highest BCUT2D eigenvalue weighted by Gasteiger charge is 2.19. The fourth-order valence-electron chi connectivity index (χ4n) is 1.51. The number of nitrogens with zero attached hydrogens (tertiary/aromatic N) is 4. The van der Waals surface area contributed by atoms with Gasteiger partial charge in [0.15, 0.2) is 0 Å². The normalized spacial score (nSPS) is 10.5. The zero-order valence-electron chi connectivity index (χ0n) is 10.3. The van der Waals surface area contributed by atoms with Crippen LogP contribution in [0.15, 0.2) is 12.5 Å².